The summed E-state index contributed by atoms with van der Waals surface area (Å²) in [6.45, 7) is 1.24. The smallest absolute Gasteiger partial charge is 0.251 e. The molecular formula is C17H19FN2O. The monoisotopic (exact) mass is 286 g/mol. The Balaban J connectivity index is 2.04. The Morgan fingerprint density at radius 1 is 1.10 bits per heavy atom. The first-order valence-electron chi connectivity index (χ1n) is 6.81. The van der Waals surface area contributed by atoms with Crippen molar-refractivity contribution in [3.05, 3.63) is 71.0 Å². The standard InChI is InChI=1S/C17H19FN2O/c1-20(2)12-15-7-4-3-6-14(15)11-19-17(21)13-8-5-9-16(18)10-13/h3-10H,11-12H2,1-2H3,(H,19,21). The Labute approximate surface area is 124 Å². The lowest BCUT2D eigenvalue weighted by atomic mass is 10.1. The topological polar surface area (TPSA) is 32.3 Å². The first-order valence-corrected chi connectivity index (χ1v) is 6.81. The molecule has 110 valence electrons. The molecule has 0 bridgehead atoms. The summed E-state index contributed by atoms with van der Waals surface area (Å²) >= 11 is 0. The van der Waals surface area contributed by atoms with Crippen molar-refractivity contribution in [2.45, 2.75) is 13.1 Å². The third kappa shape index (κ3) is 4.39. The third-order valence-electron chi connectivity index (χ3n) is 3.13. The van der Waals surface area contributed by atoms with E-state index < -0.39 is 5.82 Å². The fraction of sp³-hybridized carbons (Fsp3) is 0.235. The molecule has 0 aromatic heterocycles. The summed E-state index contributed by atoms with van der Waals surface area (Å²) < 4.78 is 13.1. The first-order chi connectivity index (χ1) is 10.1. The predicted octanol–water partition coefficient (Wildman–Crippen LogP) is 2.82. The average molecular weight is 286 g/mol. The van der Waals surface area contributed by atoms with E-state index >= 15 is 0 Å². The second-order valence-electron chi connectivity index (χ2n) is 5.20. The molecule has 0 spiro atoms. The number of rotatable bonds is 5. The van der Waals surface area contributed by atoms with Crippen LogP contribution in [-0.4, -0.2) is 24.9 Å². The second-order valence-corrected chi connectivity index (χ2v) is 5.20. The molecule has 0 aliphatic heterocycles. The summed E-state index contributed by atoms with van der Waals surface area (Å²) in [5.74, 6) is -0.676. The number of carbonyl (C=O) groups excluding carboxylic acids is 1. The van der Waals surface area contributed by atoms with Gasteiger partial charge in [-0.15, -0.1) is 0 Å². The Bertz CT molecular complexity index is 626. The molecule has 0 atom stereocenters. The molecule has 0 heterocycles. The molecule has 2 aromatic rings. The van der Waals surface area contributed by atoms with Crippen molar-refractivity contribution in [3.63, 3.8) is 0 Å². The zero-order valence-corrected chi connectivity index (χ0v) is 12.3. The minimum Gasteiger partial charge on any atom is -0.348 e. The van der Waals surface area contributed by atoms with Crippen LogP contribution in [0.5, 0.6) is 0 Å². The van der Waals surface area contributed by atoms with Gasteiger partial charge in [0.25, 0.3) is 5.91 Å². The van der Waals surface area contributed by atoms with Crippen molar-refractivity contribution >= 4 is 5.91 Å². The largest absolute Gasteiger partial charge is 0.348 e. The van der Waals surface area contributed by atoms with Gasteiger partial charge in [0.05, 0.1) is 0 Å². The van der Waals surface area contributed by atoms with E-state index in [1.54, 1.807) is 6.07 Å². The molecule has 0 fully saturated rings. The fourth-order valence-corrected chi connectivity index (χ4v) is 2.13. The average Bonchev–Trinajstić information content (AvgIpc) is 2.45. The molecular weight excluding hydrogens is 267 g/mol. The number of carbonyl (C=O) groups is 1. The van der Waals surface area contributed by atoms with Crippen LogP contribution in [-0.2, 0) is 13.1 Å². The summed E-state index contributed by atoms with van der Waals surface area (Å²) in [6.07, 6.45) is 0. The molecule has 3 nitrogen and oxygen atoms in total. The number of amides is 1. The molecule has 21 heavy (non-hydrogen) atoms. The predicted molar refractivity (Wildman–Crippen MR) is 81.4 cm³/mol. The molecule has 1 N–H and O–H groups in total. The SMILES string of the molecule is CN(C)Cc1ccccc1CNC(=O)c1cccc(F)c1. The van der Waals surface area contributed by atoms with Gasteiger partial charge < -0.3 is 10.2 Å². The van der Waals surface area contributed by atoms with E-state index in [9.17, 15) is 9.18 Å². The van der Waals surface area contributed by atoms with Gasteiger partial charge in [-0.25, -0.2) is 4.39 Å². The summed E-state index contributed by atoms with van der Waals surface area (Å²) in [6, 6.07) is 13.7. The summed E-state index contributed by atoms with van der Waals surface area (Å²) in [4.78, 5) is 14.1. The molecule has 0 saturated carbocycles. The number of halogens is 1. The van der Waals surface area contributed by atoms with Crippen molar-refractivity contribution in [2.24, 2.45) is 0 Å². The van der Waals surface area contributed by atoms with Crippen LogP contribution in [0.4, 0.5) is 4.39 Å². The van der Waals surface area contributed by atoms with Gasteiger partial charge in [-0.1, -0.05) is 30.3 Å². The fourth-order valence-electron chi connectivity index (χ4n) is 2.13. The summed E-state index contributed by atoms with van der Waals surface area (Å²) in [7, 11) is 4.00. The lowest BCUT2D eigenvalue weighted by molar-refractivity contribution is 0.0950. The molecule has 0 aliphatic carbocycles. The van der Waals surface area contributed by atoms with E-state index in [-0.39, 0.29) is 5.91 Å². The summed E-state index contributed by atoms with van der Waals surface area (Å²) in [5, 5.41) is 2.83. The van der Waals surface area contributed by atoms with Crippen LogP contribution in [0.25, 0.3) is 0 Å². The van der Waals surface area contributed by atoms with Gasteiger partial charge in [0.1, 0.15) is 5.82 Å². The van der Waals surface area contributed by atoms with Crippen LogP contribution in [0.15, 0.2) is 48.5 Å². The highest BCUT2D eigenvalue weighted by molar-refractivity contribution is 5.94. The minimum absolute atomic E-state index is 0.269. The number of nitrogens with one attached hydrogen (secondary N) is 1. The van der Waals surface area contributed by atoms with Crippen LogP contribution in [0, 0.1) is 5.82 Å². The van der Waals surface area contributed by atoms with Crippen LogP contribution in [0.1, 0.15) is 21.5 Å². The molecule has 0 saturated heterocycles. The highest BCUT2D eigenvalue weighted by Crippen LogP contribution is 2.11. The maximum Gasteiger partial charge on any atom is 0.251 e. The third-order valence-corrected chi connectivity index (χ3v) is 3.13. The molecule has 2 aromatic carbocycles. The number of nitrogens with zero attached hydrogens (tertiary/aromatic N) is 1. The van der Waals surface area contributed by atoms with Crippen LogP contribution < -0.4 is 5.32 Å². The van der Waals surface area contributed by atoms with Crippen LogP contribution >= 0.6 is 0 Å². The van der Waals surface area contributed by atoms with E-state index in [4.69, 9.17) is 0 Å². The Hall–Kier alpha value is -2.20. The molecule has 2 rings (SSSR count). The normalized spacial score (nSPS) is 10.7. The highest BCUT2D eigenvalue weighted by Gasteiger charge is 2.08. The van der Waals surface area contributed by atoms with Gasteiger partial charge in [0.2, 0.25) is 0 Å². The van der Waals surface area contributed by atoms with Crippen molar-refractivity contribution in [1.82, 2.24) is 10.2 Å². The lowest BCUT2D eigenvalue weighted by Crippen LogP contribution is -2.24. The minimum atomic E-state index is -0.407. The molecule has 0 radical (unpaired) electrons. The first kappa shape index (κ1) is 15.2. The van der Waals surface area contributed by atoms with Gasteiger partial charge in [-0.2, -0.15) is 0 Å². The van der Waals surface area contributed by atoms with E-state index in [0.717, 1.165) is 12.1 Å². The molecule has 1 amide bonds. The molecule has 4 heteroatoms. The van der Waals surface area contributed by atoms with E-state index in [2.05, 4.69) is 10.2 Å². The van der Waals surface area contributed by atoms with Crippen molar-refractivity contribution in [1.29, 1.82) is 0 Å². The Morgan fingerprint density at radius 2 is 1.81 bits per heavy atom. The van der Waals surface area contributed by atoms with Crippen LogP contribution in [0.2, 0.25) is 0 Å². The van der Waals surface area contributed by atoms with Gasteiger partial charge >= 0.3 is 0 Å². The van der Waals surface area contributed by atoms with Crippen molar-refractivity contribution in [2.75, 3.05) is 14.1 Å². The van der Waals surface area contributed by atoms with Crippen molar-refractivity contribution < 1.29 is 9.18 Å². The van der Waals surface area contributed by atoms with Crippen LogP contribution in [0.3, 0.4) is 0 Å². The Kier molecular flexibility index (Phi) is 5.06. The highest BCUT2D eigenvalue weighted by atomic mass is 19.1. The number of hydrogen-bond donors (Lipinski definition) is 1. The van der Waals surface area contributed by atoms with E-state index in [1.807, 2.05) is 38.4 Å². The summed E-state index contributed by atoms with van der Waals surface area (Å²) in [5.41, 5.74) is 2.57. The number of benzene rings is 2. The molecule has 0 unspecified atom stereocenters. The maximum absolute atomic E-state index is 13.1. The lowest BCUT2D eigenvalue weighted by Gasteiger charge is -2.14. The Morgan fingerprint density at radius 3 is 2.48 bits per heavy atom. The zero-order chi connectivity index (χ0) is 15.2. The van der Waals surface area contributed by atoms with Gasteiger partial charge in [-0.3, -0.25) is 4.79 Å². The second kappa shape index (κ2) is 6.99. The van der Waals surface area contributed by atoms with Crippen molar-refractivity contribution in [3.8, 4) is 0 Å². The van der Waals surface area contributed by atoms with Gasteiger partial charge in [0.15, 0.2) is 0 Å². The van der Waals surface area contributed by atoms with E-state index in [0.29, 0.717) is 12.1 Å². The number of hydrogen-bond acceptors (Lipinski definition) is 2. The molecule has 0 aliphatic rings. The van der Waals surface area contributed by atoms with Gasteiger partial charge in [-0.05, 0) is 43.4 Å². The van der Waals surface area contributed by atoms with E-state index in [1.165, 1.54) is 23.8 Å². The quantitative estimate of drug-likeness (QED) is 0.916. The van der Waals surface area contributed by atoms with Gasteiger partial charge in [0, 0.05) is 18.7 Å². The zero-order valence-electron chi connectivity index (χ0n) is 12.3. The maximum atomic E-state index is 13.1.